The second-order valence-corrected chi connectivity index (χ2v) is 7.42. The summed E-state index contributed by atoms with van der Waals surface area (Å²) in [4.78, 5) is 34.0. The van der Waals surface area contributed by atoms with E-state index in [2.05, 4.69) is 36.5 Å². The number of nitrogens with zero attached hydrogens (tertiary/aromatic N) is 2. The van der Waals surface area contributed by atoms with Crippen molar-refractivity contribution in [3.05, 3.63) is 70.6 Å². The number of pyridine rings is 2. The Kier molecular flexibility index (Phi) is 4.44. The van der Waals surface area contributed by atoms with Crippen LogP contribution >= 0.6 is 27.7 Å². The molecule has 1 aliphatic heterocycles. The van der Waals surface area contributed by atoms with Crippen LogP contribution in [0.25, 0.3) is 0 Å². The zero-order chi connectivity index (χ0) is 18.1. The van der Waals surface area contributed by atoms with E-state index in [0.29, 0.717) is 27.0 Å². The van der Waals surface area contributed by atoms with Crippen molar-refractivity contribution >= 4 is 50.9 Å². The molecule has 0 unspecified atom stereocenters. The highest BCUT2D eigenvalue weighted by molar-refractivity contribution is 9.10. The summed E-state index contributed by atoms with van der Waals surface area (Å²) in [5.74, 6) is -0.537. The molecule has 128 valence electrons. The molecule has 1 aliphatic rings. The minimum absolute atomic E-state index is 0.237. The van der Waals surface area contributed by atoms with Gasteiger partial charge in [0.2, 0.25) is 0 Å². The molecular formula is C18H11BrN4O2S. The summed E-state index contributed by atoms with van der Waals surface area (Å²) in [6, 6.07) is 10.5. The molecule has 2 aromatic heterocycles. The topological polar surface area (TPSA) is 84.0 Å². The third-order valence-electron chi connectivity index (χ3n) is 3.68. The number of amides is 2. The van der Waals surface area contributed by atoms with E-state index in [1.165, 1.54) is 18.0 Å². The van der Waals surface area contributed by atoms with Gasteiger partial charge in [0, 0.05) is 33.6 Å². The van der Waals surface area contributed by atoms with E-state index in [0.717, 1.165) is 9.92 Å². The first-order valence-corrected chi connectivity index (χ1v) is 9.21. The lowest BCUT2D eigenvalue weighted by Gasteiger charge is -2.09. The quantitative estimate of drug-likeness (QED) is 0.640. The Morgan fingerprint density at radius 2 is 2.08 bits per heavy atom. The lowest BCUT2D eigenvalue weighted by molar-refractivity contribution is 0.101. The van der Waals surface area contributed by atoms with Gasteiger partial charge in [-0.15, -0.1) is 0 Å². The smallest absolute Gasteiger partial charge is 0.257 e. The van der Waals surface area contributed by atoms with Gasteiger partial charge >= 0.3 is 0 Å². The number of nitrogens with one attached hydrogen (secondary N) is 2. The van der Waals surface area contributed by atoms with Crippen molar-refractivity contribution in [2.24, 2.45) is 0 Å². The van der Waals surface area contributed by atoms with Gasteiger partial charge in [0.15, 0.2) is 0 Å². The standard InChI is InChI=1S/C18H11BrN4O2S/c19-11-6-10(8-20-9-11)16(24)22-12-3-4-15-13(7-12)17(25)23-14-2-1-5-21-18(14)26-15/h1-9H,(H,22,24)(H,23,25). The summed E-state index contributed by atoms with van der Waals surface area (Å²) in [7, 11) is 0. The van der Waals surface area contributed by atoms with Crippen LogP contribution < -0.4 is 10.6 Å². The van der Waals surface area contributed by atoms with Crippen molar-refractivity contribution in [3.63, 3.8) is 0 Å². The molecule has 3 aromatic rings. The Morgan fingerprint density at radius 3 is 2.92 bits per heavy atom. The Hall–Kier alpha value is -2.71. The Balaban J connectivity index is 1.63. The number of benzene rings is 1. The van der Waals surface area contributed by atoms with E-state index in [-0.39, 0.29) is 11.8 Å². The van der Waals surface area contributed by atoms with E-state index in [1.807, 2.05) is 6.07 Å². The van der Waals surface area contributed by atoms with E-state index in [9.17, 15) is 9.59 Å². The van der Waals surface area contributed by atoms with Crippen LogP contribution in [0.15, 0.2) is 69.4 Å². The summed E-state index contributed by atoms with van der Waals surface area (Å²) < 4.78 is 0.716. The molecule has 6 nitrogen and oxygen atoms in total. The van der Waals surface area contributed by atoms with Gasteiger partial charge in [-0.2, -0.15) is 0 Å². The molecule has 1 aromatic carbocycles. The van der Waals surface area contributed by atoms with Crippen molar-refractivity contribution in [1.29, 1.82) is 0 Å². The highest BCUT2D eigenvalue weighted by Crippen LogP contribution is 2.38. The van der Waals surface area contributed by atoms with Gasteiger partial charge in [-0.1, -0.05) is 11.8 Å². The molecule has 0 saturated carbocycles. The van der Waals surface area contributed by atoms with E-state index < -0.39 is 0 Å². The molecule has 3 heterocycles. The molecular weight excluding hydrogens is 416 g/mol. The van der Waals surface area contributed by atoms with E-state index in [1.54, 1.807) is 42.7 Å². The number of rotatable bonds is 2. The van der Waals surface area contributed by atoms with Crippen LogP contribution in [0, 0.1) is 0 Å². The van der Waals surface area contributed by atoms with Gasteiger partial charge in [-0.3, -0.25) is 14.6 Å². The van der Waals surface area contributed by atoms with Crippen LogP contribution in [0.5, 0.6) is 0 Å². The molecule has 26 heavy (non-hydrogen) atoms. The largest absolute Gasteiger partial charge is 0.322 e. The van der Waals surface area contributed by atoms with Gasteiger partial charge in [-0.25, -0.2) is 4.98 Å². The van der Waals surface area contributed by atoms with Crippen molar-refractivity contribution in [2.75, 3.05) is 10.6 Å². The zero-order valence-electron chi connectivity index (χ0n) is 13.2. The fraction of sp³-hybridized carbons (Fsp3) is 0. The molecule has 0 aliphatic carbocycles. The van der Waals surface area contributed by atoms with Crippen molar-refractivity contribution in [1.82, 2.24) is 9.97 Å². The molecule has 0 saturated heterocycles. The van der Waals surface area contributed by atoms with E-state index in [4.69, 9.17) is 0 Å². The fourth-order valence-corrected chi connectivity index (χ4v) is 3.79. The minimum Gasteiger partial charge on any atom is -0.322 e. The van der Waals surface area contributed by atoms with Crippen LogP contribution in [0.3, 0.4) is 0 Å². The number of carbonyl (C=O) groups excluding carboxylic acids is 2. The Labute approximate surface area is 161 Å². The lowest BCUT2D eigenvalue weighted by atomic mass is 10.1. The van der Waals surface area contributed by atoms with Gasteiger partial charge in [-0.05, 0) is 52.3 Å². The Bertz CT molecular complexity index is 1040. The average Bonchev–Trinajstić information content (AvgIpc) is 2.77. The third kappa shape index (κ3) is 3.33. The number of fused-ring (bicyclic) bond motifs is 2. The van der Waals surface area contributed by atoms with Crippen LogP contribution in [0.1, 0.15) is 20.7 Å². The minimum atomic E-state index is -0.301. The summed E-state index contributed by atoms with van der Waals surface area (Å²) in [6.45, 7) is 0. The second kappa shape index (κ2) is 6.89. The number of aromatic nitrogens is 2. The van der Waals surface area contributed by atoms with Crippen LogP contribution in [-0.4, -0.2) is 21.8 Å². The molecule has 2 amide bonds. The van der Waals surface area contributed by atoms with Crippen LogP contribution in [-0.2, 0) is 0 Å². The highest BCUT2D eigenvalue weighted by atomic mass is 79.9. The molecule has 4 rings (SSSR count). The van der Waals surface area contributed by atoms with Crippen LogP contribution in [0.2, 0.25) is 0 Å². The predicted molar refractivity (Wildman–Crippen MR) is 103 cm³/mol. The molecule has 0 bridgehead atoms. The van der Waals surface area contributed by atoms with Crippen molar-refractivity contribution in [2.45, 2.75) is 9.92 Å². The number of hydrogen-bond donors (Lipinski definition) is 2. The molecule has 0 atom stereocenters. The maximum atomic E-state index is 12.5. The first-order valence-electron chi connectivity index (χ1n) is 7.60. The number of carbonyl (C=O) groups is 2. The maximum absolute atomic E-state index is 12.5. The molecule has 0 spiro atoms. The van der Waals surface area contributed by atoms with Gasteiger partial charge in [0.1, 0.15) is 5.03 Å². The van der Waals surface area contributed by atoms with Crippen molar-refractivity contribution in [3.8, 4) is 0 Å². The summed E-state index contributed by atoms with van der Waals surface area (Å²) in [6.07, 6.45) is 4.77. The summed E-state index contributed by atoms with van der Waals surface area (Å²) in [5, 5.41) is 6.37. The lowest BCUT2D eigenvalue weighted by Crippen LogP contribution is -2.15. The average molecular weight is 427 g/mol. The van der Waals surface area contributed by atoms with Gasteiger partial charge in [0.05, 0.1) is 16.8 Å². The van der Waals surface area contributed by atoms with Gasteiger partial charge in [0.25, 0.3) is 11.8 Å². The third-order valence-corrected chi connectivity index (χ3v) is 5.20. The number of halogens is 1. The first-order chi connectivity index (χ1) is 12.6. The summed E-state index contributed by atoms with van der Waals surface area (Å²) in [5.41, 5.74) is 2.11. The maximum Gasteiger partial charge on any atom is 0.257 e. The Morgan fingerprint density at radius 1 is 1.19 bits per heavy atom. The van der Waals surface area contributed by atoms with Gasteiger partial charge < -0.3 is 10.6 Å². The van der Waals surface area contributed by atoms with Crippen LogP contribution in [0.4, 0.5) is 11.4 Å². The highest BCUT2D eigenvalue weighted by Gasteiger charge is 2.21. The molecule has 2 N–H and O–H groups in total. The predicted octanol–water partition coefficient (Wildman–Crippen LogP) is 4.21. The monoisotopic (exact) mass is 426 g/mol. The molecule has 0 radical (unpaired) electrons. The first kappa shape index (κ1) is 16.7. The molecule has 0 fully saturated rings. The van der Waals surface area contributed by atoms with Crippen molar-refractivity contribution < 1.29 is 9.59 Å². The van der Waals surface area contributed by atoms with E-state index >= 15 is 0 Å². The zero-order valence-corrected chi connectivity index (χ0v) is 15.6. The normalized spacial score (nSPS) is 12.4. The fourth-order valence-electron chi connectivity index (χ4n) is 2.47. The summed E-state index contributed by atoms with van der Waals surface area (Å²) >= 11 is 4.70. The SMILES string of the molecule is O=C(Nc1ccc2c(c1)C(=O)Nc1cccnc1S2)c1cncc(Br)c1. The number of anilines is 2. The number of hydrogen-bond acceptors (Lipinski definition) is 5. The molecule has 8 heteroatoms. The second-order valence-electron chi connectivity index (χ2n) is 5.47.